The highest BCUT2D eigenvalue weighted by atomic mass is 35.5. The lowest BCUT2D eigenvalue weighted by atomic mass is 9.87. The van der Waals surface area contributed by atoms with Crippen LogP contribution in [0.25, 0.3) is 0 Å². The molecular weight excluding hydrogens is 229 g/mol. The predicted octanol–water partition coefficient (Wildman–Crippen LogP) is 3.09. The minimum absolute atomic E-state index is 0. The Bertz CT molecular complexity index is 351. The molecule has 0 radical (unpaired) electrons. The van der Waals surface area contributed by atoms with Gasteiger partial charge in [0.2, 0.25) is 0 Å². The van der Waals surface area contributed by atoms with Gasteiger partial charge in [0, 0.05) is 11.6 Å². The fourth-order valence-electron chi connectivity index (χ4n) is 2.47. The zero-order valence-electron chi connectivity index (χ0n) is 9.14. The largest absolute Gasteiger partial charge is 0.319 e. The van der Waals surface area contributed by atoms with Crippen LogP contribution in [0.15, 0.2) is 18.2 Å². The van der Waals surface area contributed by atoms with Gasteiger partial charge in [0.15, 0.2) is 0 Å². The maximum Gasteiger partial charge on any atom is 0.0408 e. The van der Waals surface area contributed by atoms with Gasteiger partial charge >= 0.3 is 0 Å². The van der Waals surface area contributed by atoms with Crippen LogP contribution in [-0.4, -0.2) is 13.6 Å². The molecule has 0 aliphatic heterocycles. The first kappa shape index (κ1) is 12.8. The Morgan fingerprint density at radius 2 is 2.00 bits per heavy atom. The number of rotatable bonds is 2. The Balaban J connectivity index is 0.00000112. The first-order valence-corrected chi connectivity index (χ1v) is 5.43. The Morgan fingerprint density at radius 3 is 2.67 bits per heavy atom. The van der Waals surface area contributed by atoms with E-state index in [2.05, 4.69) is 24.4 Å². The summed E-state index contributed by atoms with van der Waals surface area (Å²) in [5.41, 5.74) is 3.27. The van der Waals surface area contributed by atoms with Gasteiger partial charge in [-0.15, -0.1) is 12.4 Å². The van der Waals surface area contributed by atoms with Crippen molar-refractivity contribution in [2.75, 3.05) is 13.6 Å². The molecule has 1 N–H and O–H groups in total. The number of halogens is 2. The molecule has 0 heterocycles. The lowest BCUT2D eigenvalue weighted by Crippen LogP contribution is -2.30. The average Bonchev–Trinajstić information content (AvgIpc) is 2.40. The van der Waals surface area contributed by atoms with Crippen molar-refractivity contribution in [3.63, 3.8) is 0 Å². The van der Waals surface area contributed by atoms with Crippen molar-refractivity contribution in [3.8, 4) is 0 Å². The van der Waals surface area contributed by atoms with Gasteiger partial charge in [0.05, 0.1) is 0 Å². The second-order valence-electron chi connectivity index (χ2n) is 4.61. The topological polar surface area (TPSA) is 12.0 Å². The summed E-state index contributed by atoms with van der Waals surface area (Å²) in [6.07, 6.45) is 2.31. The number of benzene rings is 1. The Labute approximate surface area is 103 Å². The molecule has 3 heteroatoms. The monoisotopic (exact) mass is 245 g/mol. The van der Waals surface area contributed by atoms with Gasteiger partial charge in [0.25, 0.3) is 0 Å². The molecule has 1 aromatic carbocycles. The molecule has 0 fully saturated rings. The van der Waals surface area contributed by atoms with Crippen LogP contribution in [0.4, 0.5) is 0 Å². The van der Waals surface area contributed by atoms with Crippen LogP contribution in [0.1, 0.15) is 18.1 Å². The van der Waals surface area contributed by atoms with Gasteiger partial charge in [-0.1, -0.05) is 24.6 Å². The van der Waals surface area contributed by atoms with E-state index in [-0.39, 0.29) is 12.4 Å². The van der Waals surface area contributed by atoms with E-state index < -0.39 is 0 Å². The van der Waals surface area contributed by atoms with Crippen molar-refractivity contribution in [2.45, 2.75) is 19.8 Å². The second-order valence-corrected chi connectivity index (χ2v) is 5.04. The van der Waals surface area contributed by atoms with Crippen molar-refractivity contribution < 1.29 is 0 Å². The molecule has 1 aliphatic carbocycles. The van der Waals surface area contributed by atoms with Gasteiger partial charge in [0.1, 0.15) is 0 Å². The maximum absolute atomic E-state index is 5.98. The second kappa shape index (κ2) is 4.73. The summed E-state index contributed by atoms with van der Waals surface area (Å²) < 4.78 is 0. The highest BCUT2D eigenvalue weighted by molar-refractivity contribution is 6.30. The highest BCUT2D eigenvalue weighted by Crippen LogP contribution is 2.37. The molecule has 1 unspecified atom stereocenters. The molecular formula is C12H17Cl2N. The summed E-state index contributed by atoms with van der Waals surface area (Å²) in [5, 5.41) is 4.13. The summed E-state index contributed by atoms with van der Waals surface area (Å²) in [5.74, 6) is 0. The molecule has 1 atom stereocenters. The lowest BCUT2D eigenvalue weighted by molar-refractivity contribution is 0.334. The van der Waals surface area contributed by atoms with Crippen LogP contribution in [0.5, 0.6) is 0 Å². The molecule has 1 aromatic rings. The number of hydrogen-bond acceptors (Lipinski definition) is 1. The van der Waals surface area contributed by atoms with Gasteiger partial charge in [-0.2, -0.15) is 0 Å². The summed E-state index contributed by atoms with van der Waals surface area (Å²) in [6.45, 7) is 3.40. The van der Waals surface area contributed by atoms with Crippen molar-refractivity contribution in [2.24, 2.45) is 5.41 Å². The van der Waals surface area contributed by atoms with Gasteiger partial charge in [-0.05, 0) is 48.6 Å². The van der Waals surface area contributed by atoms with Crippen LogP contribution < -0.4 is 5.32 Å². The number of nitrogens with one attached hydrogen (secondary N) is 1. The summed E-state index contributed by atoms with van der Waals surface area (Å²) >= 11 is 5.98. The minimum Gasteiger partial charge on any atom is -0.319 e. The fourth-order valence-corrected chi connectivity index (χ4v) is 2.66. The van der Waals surface area contributed by atoms with E-state index in [4.69, 9.17) is 11.6 Å². The van der Waals surface area contributed by atoms with Gasteiger partial charge in [-0.25, -0.2) is 0 Å². The van der Waals surface area contributed by atoms with Gasteiger partial charge < -0.3 is 5.32 Å². The Hall–Kier alpha value is -0.240. The van der Waals surface area contributed by atoms with Crippen LogP contribution in [0.3, 0.4) is 0 Å². The predicted molar refractivity (Wildman–Crippen MR) is 68.1 cm³/mol. The molecule has 15 heavy (non-hydrogen) atoms. The fraction of sp³-hybridized carbons (Fsp3) is 0.500. The molecule has 0 saturated carbocycles. The molecule has 0 saturated heterocycles. The zero-order chi connectivity index (χ0) is 10.2. The summed E-state index contributed by atoms with van der Waals surface area (Å²) in [4.78, 5) is 0. The van der Waals surface area contributed by atoms with Crippen molar-refractivity contribution in [1.29, 1.82) is 0 Å². The third-order valence-corrected chi connectivity index (χ3v) is 3.24. The first-order chi connectivity index (χ1) is 6.63. The van der Waals surface area contributed by atoms with Gasteiger partial charge in [-0.3, -0.25) is 0 Å². The molecule has 0 spiro atoms. The summed E-state index contributed by atoms with van der Waals surface area (Å²) in [7, 11) is 2.02. The van der Waals surface area contributed by atoms with Crippen molar-refractivity contribution in [3.05, 3.63) is 34.3 Å². The quantitative estimate of drug-likeness (QED) is 0.845. The van der Waals surface area contributed by atoms with E-state index in [9.17, 15) is 0 Å². The summed E-state index contributed by atoms with van der Waals surface area (Å²) in [6, 6.07) is 6.27. The van der Waals surface area contributed by atoms with E-state index in [0.717, 1.165) is 18.0 Å². The highest BCUT2D eigenvalue weighted by Gasteiger charge is 2.31. The average molecular weight is 246 g/mol. The Morgan fingerprint density at radius 1 is 1.33 bits per heavy atom. The number of hydrogen-bond donors (Lipinski definition) is 1. The number of fused-ring (bicyclic) bond motifs is 1. The van der Waals surface area contributed by atoms with Crippen LogP contribution in [0, 0.1) is 5.41 Å². The van der Waals surface area contributed by atoms with E-state index in [0.29, 0.717) is 5.41 Å². The van der Waals surface area contributed by atoms with Crippen LogP contribution >= 0.6 is 24.0 Å². The van der Waals surface area contributed by atoms with E-state index in [1.54, 1.807) is 0 Å². The molecule has 2 rings (SSSR count). The van der Waals surface area contributed by atoms with E-state index in [1.807, 2.05) is 13.1 Å². The zero-order valence-corrected chi connectivity index (χ0v) is 10.7. The molecule has 0 aromatic heterocycles. The smallest absolute Gasteiger partial charge is 0.0408 e. The molecule has 0 amide bonds. The molecule has 1 nitrogen and oxygen atoms in total. The third kappa shape index (κ3) is 2.66. The molecule has 84 valence electrons. The van der Waals surface area contributed by atoms with Crippen molar-refractivity contribution >= 4 is 24.0 Å². The SMILES string of the molecule is CNCC1(C)Cc2ccc(Cl)cc2C1.Cl. The Kier molecular flexibility index (Phi) is 4.05. The first-order valence-electron chi connectivity index (χ1n) is 5.05. The van der Waals surface area contributed by atoms with Crippen molar-refractivity contribution in [1.82, 2.24) is 5.32 Å². The maximum atomic E-state index is 5.98. The molecule has 1 aliphatic rings. The molecule has 0 bridgehead atoms. The third-order valence-electron chi connectivity index (χ3n) is 3.01. The van der Waals surface area contributed by atoms with Crippen LogP contribution in [-0.2, 0) is 12.8 Å². The minimum atomic E-state index is 0. The van der Waals surface area contributed by atoms with E-state index >= 15 is 0 Å². The standard InChI is InChI=1S/C12H16ClN.ClH/c1-12(8-14-2)6-9-3-4-11(13)5-10(9)7-12;/h3-5,14H,6-8H2,1-2H3;1H. The normalized spacial score (nSPS) is 23.4. The lowest BCUT2D eigenvalue weighted by Gasteiger charge is -2.22. The van der Waals surface area contributed by atoms with E-state index in [1.165, 1.54) is 17.5 Å². The van der Waals surface area contributed by atoms with Crippen LogP contribution in [0.2, 0.25) is 5.02 Å².